The molecule has 0 aliphatic carbocycles. The van der Waals surface area contributed by atoms with Crippen LogP contribution in [-0.4, -0.2) is 34.7 Å². The van der Waals surface area contributed by atoms with Gasteiger partial charge in [0.05, 0.1) is 0 Å². The molecule has 4 heteroatoms. The number of nitrogens with one attached hydrogen (secondary N) is 1. The number of hydrogen-bond acceptors (Lipinski definition) is 2. The molecule has 0 radical (unpaired) electrons. The molecule has 1 aromatic heterocycles. The lowest BCUT2D eigenvalue weighted by molar-refractivity contribution is 0.313. The number of aromatic nitrogens is 2. The number of aromatic amines is 1. The smallest absolute Gasteiger partial charge is 0.123 e. The maximum atomic E-state index is 13.4. The maximum Gasteiger partial charge on any atom is 0.123 e. The summed E-state index contributed by atoms with van der Waals surface area (Å²) in [5, 5.41) is 7.28. The number of hydrogen-bond donors (Lipinski definition) is 1. The van der Waals surface area contributed by atoms with Crippen molar-refractivity contribution in [1.29, 1.82) is 0 Å². The third kappa shape index (κ3) is 3.56. The minimum atomic E-state index is -0.181. The highest BCUT2D eigenvalue weighted by Gasteiger charge is 2.36. The van der Waals surface area contributed by atoms with E-state index in [1.54, 1.807) is 12.1 Å². The van der Waals surface area contributed by atoms with E-state index >= 15 is 0 Å². The van der Waals surface area contributed by atoms with Crippen LogP contribution in [0.4, 0.5) is 4.39 Å². The zero-order chi connectivity index (χ0) is 17.9. The number of halogens is 1. The molecule has 2 heterocycles. The van der Waals surface area contributed by atoms with E-state index in [9.17, 15) is 4.39 Å². The van der Waals surface area contributed by atoms with Crippen molar-refractivity contribution in [1.82, 2.24) is 15.1 Å². The van der Waals surface area contributed by atoms with Gasteiger partial charge in [0.2, 0.25) is 0 Å². The SMILES string of the molecule is CC(CN1C[C@@H](c2ccc(F)cc2)[C@H](c2ccn[nH]2)C1)c1ccccc1. The first-order valence-electron chi connectivity index (χ1n) is 9.22. The van der Waals surface area contributed by atoms with Crippen LogP contribution in [0.3, 0.4) is 0 Å². The zero-order valence-electron chi connectivity index (χ0n) is 15.0. The fourth-order valence-corrected chi connectivity index (χ4v) is 4.14. The molecule has 1 aliphatic heterocycles. The van der Waals surface area contributed by atoms with Gasteiger partial charge in [-0.25, -0.2) is 4.39 Å². The quantitative estimate of drug-likeness (QED) is 0.733. The van der Waals surface area contributed by atoms with Crippen molar-refractivity contribution in [2.45, 2.75) is 24.7 Å². The molecule has 4 rings (SSSR count). The van der Waals surface area contributed by atoms with Crippen molar-refractivity contribution < 1.29 is 4.39 Å². The molecule has 0 amide bonds. The van der Waals surface area contributed by atoms with Gasteiger partial charge in [-0.15, -0.1) is 0 Å². The Bertz CT molecular complexity index is 814. The summed E-state index contributed by atoms with van der Waals surface area (Å²) in [6.07, 6.45) is 1.81. The summed E-state index contributed by atoms with van der Waals surface area (Å²) in [6, 6.07) is 19.7. The van der Waals surface area contributed by atoms with Crippen LogP contribution in [0.25, 0.3) is 0 Å². The molecule has 3 nitrogen and oxygen atoms in total. The van der Waals surface area contributed by atoms with Gasteiger partial charge < -0.3 is 4.90 Å². The average Bonchev–Trinajstić information content (AvgIpc) is 3.33. The summed E-state index contributed by atoms with van der Waals surface area (Å²) in [6.45, 7) is 5.27. The molecule has 3 atom stereocenters. The van der Waals surface area contributed by atoms with E-state index in [4.69, 9.17) is 0 Å². The topological polar surface area (TPSA) is 31.9 Å². The van der Waals surface area contributed by atoms with Crippen LogP contribution in [0.15, 0.2) is 66.9 Å². The molecule has 0 spiro atoms. The van der Waals surface area contributed by atoms with E-state index in [1.165, 1.54) is 11.1 Å². The van der Waals surface area contributed by atoms with Gasteiger partial charge >= 0.3 is 0 Å². The summed E-state index contributed by atoms with van der Waals surface area (Å²) >= 11 is 0. The lowest BCUT2D eigenvalue weighted by atomic mass is 9.87. The Morgan fingerprint density at radius 1 is 1.04 bits per heavy atom. The molecule has 0 saturated carbocycles. The minimum absolute atomic E-state index is 0.181. The minimum Gasteiger partial charge on any atom is -0.301 e. The average molecular weight is 349 g/mol. The molecule has 134 valence electrons. The molecule has 1 N–H and O–H groups in total. The van der Waals surface area contributed by atoms with Crippen molar-refractivity contribution >= 4 is 0 Å². The number of likely N-dealkylation sites (tertiary alicyclic amines) is 1. The van der Waals surface area contributed by atoms with E-state index in [-0.39, 0.29) is 5.82 Å². The first-order valence-corrected chi connectivity index (χ1v) is 9.22. The van der Waals surface area contributed by atoms with Crippen LogP contribution in [0.2, 0.25) is 0 Å². The predicted molar refractivity (Wildman–Crippen MR) is 102 cm³/mol. The molecular formula is C22H24FN3. The van der Waals surface area contributed by atoms with Crippen molar-refractivity contribution in [2.24, 2.45) is 0 Å². The molecule has 0 bridgehead atoms. The van der Waals surface area contributed by atoms with Gasteiger partial charge in [-0.3, -0.25) is 5.10 Å². The van der Waals surface area contributed by atoms with Crippen LogP contribution in [-0.2, 0) is 0 Å². The molecule has 2 aromatic carbocycles. The lowest BCUT2D eigenvalue weighted by Gasteiger charge is -2.21. The van der Waals surface area contributed by atoms with Gasteiger partial charge in [0, 0.05) is 43.4 Å². The number of nitrogens with zero attached hydrogens (tertiary/aromatic N) is 2. The number of benzene rings is 2. The first-order chi connectivity index (χ1) is 12.7. The van der Waals surface area contributed by atoms with Crippen molar-refractivity contribution in [3.05, 3.63) is 89.5 Å². The first kappa shape index (κ1) is 17.0. The van der Waals surface area contributed by atoms with E-state index in [0.29, 0.717) is 17.8 Å². The Morgan fingerprint density at radius 2 is 1.77 bits per heavy atom. The van der Waals surface area contributed by atoms with Crippen molar-refractivity contribution in [3.8, 4) is 0 Å². The van der Waals surface area contributed by atoms with Gasteiger partial charge in [-0.1, -0.05) is 49.4 Å². The highest BCUT2D eigenvalue weighted by Crippen LogP contribution is 2.39. The Labute approximate surface area is 153 Å². The van der Waals surface area contributed by atoms with Gasteiger partial charge in [-0.2, -0.15) is 5.10 Å². The molecule has 1 saturated heterocycles. The molecule has 1 aliphatic rings. The fraction of sp³-hybridized carbons (Fsp3) is 0.318. The summed E-state index contributed by atoms with van der Waals surface area (Å²) in [5.74, 6) is 0.995. The molecule has 26 heavy (non-hydrogen) atoms. The van der Waals surface area contributed by atoms with Crippen LogP contribution in [0, 0.1) is 5.82 Å². The normalized spacial score (nSPS) is 21.8. The highest BCUT2D eigenvalue weighted by atomic mass is 19.1. The fourth-order valence-electron chi connectivity index (χ4n) is 4.14. The van der Waals surface area contributed by atoms with Gasteiger partial charge in [-0.05, 0) is 35.2 Å². The summed E-state index contributed by atoms with van der Waals surface area (Å²) in [4.78, 5) is 2.52. The summed E-state index contributed by atoms with van der Waals surface area (Å²) in [7, 11) is 0. The molecular weight excluding hydrogens is 325 g/mol. The van der Waals surface area contributed by atoms with Crippen molar-refractivity contribution in [2.75, 3.05) is 19.6 Å². The third-order valence-electron chi connectivity index (χ3n) is 5.52. The lowest BCUT2D eigenvalue weighted by Crippen LogP contribution is -2.25. The number of rotatable bonds is 5. The summed E-state index contributed by atoms with van der Waals surface area (Å²) in [5.41, 5.74) is 3.73. The van der Waals surface area contributed by atoms with Gasteiger partial charge in [0.25, 0.3) is 0 Å². The predicted octanol–water partition coefficient (Wildman–Crippen LogP) is 4.54. The van der Waals surface area contributed by atoms with Crippen LogP contribution < -0.4 is 0 Å². The Hall–Kier alpha value is -2.46. The largest absolute Gasteiger partial charge is 0.301 e. The third-order valence-corrected chi connectivity index (χ3v) is 5.52. The van der Waals surface area contributed by atoms with Gasteiger partial charge in [0.1, 0.15) is 5.82 Å². The highest BCUT2D eigenvalue weighted by molar-refractivity contribution is 5.28. The maximum absolute atomic E-state index is 13.4. The van der Waals surface area contributed by atoms with Crippen LogP contribution in [0.1, 0.15) is 41.5 Å². The Kier molecular flexibility index (Phi) is 4.85. The van der Waals surface area contributed by atoms with E-state index in [2.05, 4.69) is 58.4 Å². The molecule has 1 unspecified atom stereocenters. The monoisotopic (exact) mass is 349 g/mol. The second-order valence-corrected chi connectivity index (χ2v) is 7.31. The molecule has 3 aromatic rings. The summed E-state index contributed by atoms with van der Waals surface area (Å²) < 4.78 is 13.4. The number of H-pyrrole nitrogens is 1. The zero-order valence-corrected chi connectivity index (χ0v) is 15.0. The van der Waals surface area contributed by atoms with Crippen molar-refractivity contribution in [3.63, 3.8) is 0 Å². The Morgan fingerprint density at radius 3 is 2.46 bits per heavy atom. The van der Waals surface area contributed by atoms with Crippen LogP contribution in [0.5, 0.6) is 0 Å². The van der Waals surface area contributed by atoms with Gasteiger partial charge in [0.15, 0.2) is 0 Å². The van der Waals surface area contributed by atoms with E-state index in [0.717, 1.165) is 25.3 Å². The standard InChI is InChI=1S/C22H24FN3/c1-16(17-5-3-2-4-6-17)13-26-14-20(18-7-9-19(23)10-8-18)21(15-26)22-11-12-24-25-22/h2-12,16,20-21H,13-15H2,1H3,(H,24,25)/t16?,20-,21+/m0/s1. The second kappa shape index (κ2) is 7.42. The Balaban J connectivity index is 1.54. The molecule has 1 fully saturated rings. The van der Waals surface area contributed by atoms with E-state index in [1.807, 2.05) is 18.3 Å². The van der Waals surface area contributed by atoms with E-state index < -0.39 is 0 Å². The second-order valence-electron chi connectivity index (χ2n) is 7.31. The van der Waals surface area contributed by atoms with Crippen LogP contribution >= 0.6 is 0 Å².